The number of rotatable bonds is 5. The molecule has 2 N–H and O–H groups in total. The van der Waals surface area contributed by atoms with E-state index < -0.39 is 23.8 Å². The molecule has 128 valence electrons. The van der Waals surface area contributed by atoms with Gasteiger partial charge in [-0.15, -0.1) is 0 Å². The molecule has 0 radical (unpaired) electrons. The lowest BCUT2D eigenvalue weighted by Crippen LogP contribution is -2.53. The van der Waals surface area contributed by atoms with Crippen LogP contribution in [0, 0.1) is 6.92 Å². The van der Waals surface area contributed by atoms with Crippen molar-refractivity contribution < 1.29 is 19.2 Å². The van der Waals surface area contributed by atoms with Crippen molar-refractivity contribution >= 4 is 29.8 Å². The summed E-state index contributed by atoms with van der Waals surface area (Å²) < 4.78 is 0. The van der Waals surface area contributed by atoms with Crippen LogP contribution in [-0.2, 0) is 14.4 Å². The zero-order chi connectivity index (χ0) is 17.9. The maximum atomic E-state index is 12.8. The molecule has 4 amide bonds. The van der Waals surface area contributed by atoms with Crippen molar-refractivity contribution in [3.63, 3.8) is 0 Å². The quantitative estimate of drug-likeness (QED) is 0.625. The van der Waals surface area contributed by atoms with E-state index in [-0.39, 0.29) is 18.9 Å². The summed E-state index contributed by atoms with van der Waals surface area (Å²) in [6, 6.07) is 4.41. The van der Waals surface area contributed by atoms with Crippen molar-refractivity contribution in [3.8, 4) is 0 Å². The summed E-state index contributed by atoms with van der Waals surface area (Å²) in [7, 11) is 0. The summed E-state index contributed by atoms with van der Waals surface area (Å²) in [5, 5.41) is 5.40. The van der Waals surface area contributed by atoms with Crippen LogP contribution in [0.5, 0.6) is 0 Å². The van der Waals surface area contributed by atoms with Gasteiger partial charge in [-0.05, 0) is 44.9 Å². The van der Waals surface area contributed by atoms with E-state index in [2.05, 4.69) is 10.6 Å². The molecular weight excluding hydrogens is 310 g/mol. The molecule has 1 aliphatic heterocycles. The fourth-order valence-corrected chi connectivity index (χ4v) is 2.68. The van der Waals surface area contributed by atoms with Gasteiger partial charge in [-0.3, -0.25) is 29.4 Å². The van der Waals surface area contributed by atoms with Gasteiger partial charge in [0.1, 0.15) is 6.04 Å². The van der Waals surface area contributed by atoms with Gasteiger partial charge in [0.05, 0.1) is 0 Å². The lowest BCUT2D eigenvalue weighted by atomic mass is 10.0. The molecule has 0 bridgehead atoms. The van der Waals surface area contributed by atoms with E-state index in [0.717, 1.165) is 10.6 Å². The van der Waals surface area contributed by atoms with Crippen LogP contribution in [0.15, 0.2) is 18.2 Å². The summed E-state index contributed by atoms with van der Waals surface area (Å²) in [5.74, 6) is -1.57. The van der Waals surface area contributed by atoms with Gasteiger partial charge in [-0.2, -0.15) is 0 Å². The molecule has 0 spiro atoms. The summed E-state index contributed by atoms with van der Waals surface area (Å²) in [4.78, 5) is 48.3. The molecule has 24 heavy (non-hydrogen) atoms. The van der Waals surface area contributed by atoms with Crippen molar-refractivity contribution in [2.24, 2.45) is 0 Å². The minimum absolute atomic E-state index is 0.0992. The molecular formula is C17H21N3O4. The Morgan fingerprint density at radius 2 is 2.08 bits per heavy atom. The Morgan fingerprint density at radius 1 is 1.38 bits per heavy atom. The first kappa shape index (κ1) is 17.7. The number of carbonyl (C=O) groups excluding carboxylic acids is 4. The first-order chi connectivity index (χ1) is 11.3. The Kier molecular flexibility index (Phi) is 5.33. The predicted molar refractivity (Wildman–Crippen MR) is 88.3 cm³/mol. The van der Waals surface area contributed by atoms with Gasteiger partial charge >= 0.3 is 0 Å². The highest BCUT2D eigenvalue weighted by molar-refractivity contribution is 6.08. The van der Waals surface area contributed by atoms with Crippen molar-refractivity contribution in [2.45, 2.75) is 45.7 Å². The van der Waals surface area contributed by atoms with Gasteiger partial charge in [0.2, 0.25) is 18.2 Å². The van der Waals surface area contributed by atoms with Gasteiger partial charge in [0.25, 0.3) is 5.91 Å². The van der Waals surface area contributed by atoms with Gasteiger partial charge in [-0.25, -0.2) is 0 Å². The third-order valence-corrected chi connectivity index (χ3v) is 3.90. The van der Waals surface area contributed by atoms with Crippen LogP contribution in [-0.4, -0.2) is 41.1 Å². The number of hydrogen-bond acceptors (Lipinski definition) is 5. The van der Waals surface area contributed by atoms with Crippen LogP contribution in [0.2, 0.25) is 0 Å². The van der Waals surface area contributed by atoms with Gasteiger partial charge in [0.15, 0.2) is 0 Å². The second kappa shape index (κ2) is 7.25. The van der Waals surface area contributed by atoms with Crippen molar-refractivity contribution in [1.82, 2.24) is 10.2 Å². The van der Waals surface area contributed by atoms with Gasteiger partial charge in [-0.1, -0.05) is 6.07 Å². The smallest absolute Gasteiger partial charge is 0.261 e. The summed E-state index contributed by atoms with van der Waals surface area (Å²) in [5.41, 5.74) is 1.85. The average Bonchev–Trinajstić information content (AvgIpc) is 2.51. The molecule has 7 heteroatoms. The Balaban J connectivity index is 2.30. The first-order valence-corrected chi connectivity index (χ1v) is 7.83. The normalized spacial score (nSPS) is 17.4. The number of hydrogen-bond donors (Lipinski definition) is 2. The highest BCUT2D eigenvalue weighted by Gasteiger charge is 2.35. The van der Waals surface area contributed by atoms with E-state index in [0.29, 0.717) is 17.5 Å². The highest BCUT2D eigenvalue weighted by atomic mass is 16.2. The molecule has 1 aliphatic rings. The lowest BCUT2D eigenvalue weighted by Gasteiger charge is -2.29. The Hall–Kier alpha value is -2.70. The highest BCUT2D eigenvalue weighted by Crippen LogP contribution is 2.22. The Bertz CT molecular complexity index is 684. The third kappa shape index (κ3) is 3.61. The zero-order valence-corrected chi connectivity index (χ0v) is 14.0. The SMILES string of the molecule is Cc1c(NC(C)C)cccc1C(=O)N(C=O)C1CCC(=O)NC1=O. The van der Waals surface area contributed by atoms with E-state index >= 15 is 0 Å². The summed E-state index contributed by atoms with van der Waals surface area (Å²) in [6.45, 7) is 5.75. The molecule has 1 heterocycles. The summed E-state index contributed by atoms with van der Waals surface area (Å²) >= 11 is 0. The van der Waals surface area contributed by atoms with Gasteiger partial charge < -0.3 is 5.32 Å². The second-order valence-electron chi connectivity index (χ2n) is 6.06. The summed E-state index contributed by atoms with van der Waals surface area (Å²) in [6.07, 6.45) is 0.588. The molecule has 1 atom stereocenters. The van der Waals surface area contributed by atoms with Crippen LogP contribution >= 0.6 is 0 Å². The molecule has 0 aliphatic carbocycles. The monoisotopic (exact) mass is 331 g/mol. The number of nitrogens with zero attached hydrogens (tertiary/aromatic N) is 1. The number of piperidine rings is 1. The minimum Gasteiger partial charge on any atom is -0.383 e. The molecule has 7 nitrogen and oxygen atoms in total. The topological polar surface area (TPSA) is 95.6 Å². The molecule has 2 rings (SSSR count). The maximum Gasteiger partial charge on any atom is 0.261 e. The van der Waals surface area contributed by atoms with E-state index in [1.165, 1.54) is 0 Å². The Labute approximate surface area is 140 Å². The fraction of sp³-hybridized carbons (Fsp3) is 0.412. The van der Waals surface area contributed by atoms with Gasteiger partial charge in [0, 0.05) is 23.7 Å². The average molecular weight is 331 g/mol. The molecule has 1 saturated heterocycles. The number of amides is 4. The predicted octanol–water partition coefficient (Wildman–Crippen LogP) is 1.22. The number of carbonyl (C=O) groups is 4. The van der Waals surface area contributed by atoms with Crippen molar-refractivity contribution in [2.75, 3.05) is 5.32 Å². The number of benzene rings is 1. The number of imide groups is 2. The second-order valence-corrected chi connectivity index (χ2v) is 6.06. The zero-order valence-electron chi connectivity index (χ0n) is 14.0. The maximum absolute atomic E-state index is 12.8. The van der Waals surface area contributed by atoms with E-state index in [4.69, 9.17) is 0 Å². The van der Waals surface area contributed by atoms with Crippen molar-refractivity contribution in [1.29, 1.82) is 0 Å². The van der Waals surface area contributed by atoms with Crippen LogP contribution in [0.4, 0.5) is 5.69 Å². The van der Waals surface area contributed by atoms with E-state index in [1.54, 1.807) is 19.1 Å². The lowest BCUT2D eigenvalue weighted by molar-refractivity contribution is -0.139. The van der Waals surface area contributed by atoms with Crippen molar-refractivity contribution in [3.05, 3.63) is 29.3 Å². The fourth-order valence-electron chi connectivity index (χ4n) is 2.68. The van der Waals surface area contributed by atoms with E-state index in [1.807, 2.05) is 19.9 Å². The van der Waals surface area contributed by atoms with Crippen LogP contribution < -0.4 is 10.6 Å². The first-order valence-electron chi connectivity index (χ1n) is 7.83. The van der Waals surface area contributed by atoms with Crippen LogP contribution in [0.25, 0.3) is 0 Å². The van der Waals surface area contributed by atoms with Crippen LogP contribution in [0.3, 0.4) is 0 Å². The molecule has 0 aromatic heterocycles. The minimum atomic E-state index is -0.964. The van der Waals surface area contributed by atoms with E-state index in [9.17, 15) is 19.2 Å². The molecule has 0 saturated carbocycles. The largest absolute Gasteiger partial charge is 0.383 e. The molecule has 1 fully saturated rings. The standard InChI is InChI=1S/C17H21N3O4/c1-10(2)18-13-6-4-5-12(11(13)3)17(24)20(9-21)14-7-8-15(22)19-16(14)23/h4-6,9-10,14,18H,7-8H2,1-3H3,(H,19,22,23). The Morgan fingerprint density at radius 3 is 2.67 bits per heavy atom. The number of nitrogens with one attached hydrogen (secondary N) is 2. The third-order valence-electron chi connectivity index (χ3n) is 3.90. The van der Waals surface area contributed by atoms with Crippen LogP contribution in [0.1, 0.15) is 42.6 Å². The molecule has 1 aromatic carbocycles. The molecule has 1 unspecified atom stereocenters. The molecule has 1 aromatic rings. The number of anilines is 1.